The van der Waals surface area contributed by atoms with E-state index in [4.69, 9.17) is 9.47 Å². The topological polar surface area (TPSA) is 120 Å². The molecule has 6 rings (SSSR count). The quantitative estimate of drug-likeness (QED) is 0.189. The van der Waals surface area contributed by atoms with Crippen molar-refractivity contribution >= 4 is 39.6 Å². The molecule has 2 aliphatic heterocycles. The fraction of sp³-hybridized carbons (Fsp3) is 0.395. The van der Waals surface area contributed by atoms with E-state index >= 15 is 0 Å². The number of hydrogen-bond acceptors (Lipinski definition) is 5. The molecule has 2 fully saturated rings. The van der Waals surface area contributed by atoms with Gasteiger partial charge in [-0.2, -0.15) is 0 Å². The van der Waals surface area contributed by atoms with Gasteiger partial charge >= 0.3 is 12.2 Å². The minimum atomic E-state index is -1.17. The molecule has 3 aliphatic rings. The highest BCUT2D eigenvalue weighted by atomic mass is 79.9. The van der Waals surface area contributed by atoms with Crippen LogP contribution in [0.25, 0.3) is 5.57 Å². The summed E-state index contributed by atoms with van der Waals surface area (Å²) < 4.78 is 26.1. The van der Waals surface area contributed by atoms with Crippen molar-refractivity contribution in [1.82, 2.24) is 14.7 Å². The van der Waals surface area contributed by atoms with Gasteiger partial charge in [0.05, 0.1) is 29.7 Å². The molecule has 50 heavy (non-hydrogen) atoms. The van der Waals surface area contributed by atoms with Crippen molar-refractivity contribution in [3.63, 3.8) is 0 Å². The molecule has 1 saturated heterocycles. The van der Waals surface area contributed by atoms with Crippen molar-refractivity contribution in [2.24, 2.45) is 0 Å². The summed E-state index contributed by atoms with van der Waals surface area (Å²) in [5.74, 6) is 0.511. The Morgan fingerprint density at radius 3 is 2.36 bits per heavy atom. The van der Waals surface area contributed by atoms with E-state index in [1.54, 1.807) is 11.0 Å². The van der Waals surface area contributed by atoms with E-state index in [9.17, 15) is 29.0 Å². The van der Waals surface area contributed by atoms with Crippen LogP contribution in [-0.4, -0.2) is 94.0 Å². The number of aryl methyl sites for hydroxylation is 3. The maximum atomic E-state index is 14.6. The third-order valence-corrected chi connectivity index (χ3v) is 10.4. The molecule has 3 aromatic rings. The molecule has 3 amide bonds. The molecule has 3 aromatic carbocycles. The molecule has 2 bridgehead atoms. The third kappa shape index (κ3) is 7.90. The second-order valence-electron chi connectivity index (χ2n) is 13.2. The van der Waals surface area contributed by atoms with E-state index in [2.05, 4.69) is 15.9 Å². The minimum absolute atomic E-state index is 0.00682. The van der Waals surface area contributed by atoms with Gasteiger partial charge in [-0.1, -0.05) is 30.3 Å². The Bertz CT molecular complexity index is 1800. The molecule has 0 radical (unpaired) electrons. The highest BCUT2D eigenvalue weighted by molar-refractivity contribution is 9.10. The van der Waals surface area contributed by atoms with E-state index in [0.29, 0.717) is 47.5 Å². The highest BCUT2D eigenvalue weighted by Gasteiger charge is 2.49. The molecule has 264 valence electrons. The van der Waals surface area contributed by atoms with Gasteiger partial charge in [-0.25, -0.2) is 14.0 Å². The van der Waals surface area contributed by atoms with Gasteiger partial charge in [0.25, 0.3) is 5.91 Å². The number of benzene rings is 3. The van der Waals surface area contributed by atoms with Gasteiger partial charge in [-0.3, -0.25) is 9.69 Å². The molecule has 0 unspecified atom stereocenters. The molecule has 12 heteroatoms. The number of piperazine rings is 1. The molecule has 2 heterocycles. The van der Waals surface area contributed by atoms with Gasteiger partial charge in [-0.05, 0) is 114 Å². The second-order valence-corrected chi connectivity index (χ2v) is 14.0. The van der Waals surface area contributed by atoms with E-state index in [-0.39, 0.29) is 43.9 Å². The Hall–Kier alpha value is -4.58. The van der Waals surface area contributed by atoms with Crippen LogP contribution in [0.15, 0.2) is 70.7 Å². The van der Waals surface area contributed by atoms with Crippen molar-refractivity contribution in [2.75, 3.05) is 32.8 Å². The Kier molecular flexibility index (Phi) is 10.7. The maximum Gasteiger partial charge on any atom is 0.408 e. The number of amides is 3. The summed E-state index contributed by atoms with van der Waals surface area (Å²) in [5, 5.41) is 20.2. The lowest BCUT2D eigenvalue weighted by Crippen LogP contribution is -2.65. The van der Waals surface area contributed by atoms with E-state index < -0.39 is 24.3 Å². The lowest BCUT2D eigenvalue weighted by molar-refractivity contribution is -0.129. The molecule has 10 nitrogen and oxygen atoms in total. The van der Waals surface area contributed by atoms with Gasteiger partial charge in [0, 0.05) is 30.8 Å². The van der Waals surface area contributed by atoms with Crippen LogP contribution >= 0.6 is 15.9 Å². The monoisotopic (exact) mass is 749 g/mol. The number of ether oxygens (including phenoxy) is 2. The van der Waals surface area contributed by atoms with Gasteiger partial charge in [0.1, 0.15) is 23.9 Å². The normalized spacial score (nSPS) is 18.6. The first-order chi connectivity index (χ1) is 24.0. The van der Waals surface area contributed by atoms with Crippen molar-refractivity contribution in [2.45, 2.75) is 64.1 Å². The number of halogens is 2. The predicted molar refractivity (Wildman–Crippen MR) is 189 cm³/mol. The SMILES string of the molecule is Cc1ccc(OCCN(C(=O)C2=C(c3ccc(CCCOc4cc(F)ccc4Br)cc3)C[C@@H]3CN(C(=O)O)C[C@H]2N3C(=O)O)C2CC2)cc1C. The van der Waals surface area contributed by atoms with Crippen LogP contribution in [0.1, 0.15) is 47.9 Å². The van der Waals surface area contributed by atoms with Crippen molar-refractivity contribution < 1.29 is 38.5 Å². The van der Waals surface area contributed by atoms with Crippen molar-refractivity contribution in [1.29, 1.82) is 0 Å². The zero-order chi connectivity index (χ0) is 35.5. The zero-order valence-corrected chi connectivity index (χ0v) is 29.7. The number of carboxylic acid groups (broad SMARTS) is 2. The van der Waals surface area contributed by atoms with Crippen LogP contribution in [0.2, 0.25) is 0 Å². The van der Waals surface area contributed by atoms with Crippen LogP contribution in [0, 0.1) is 19.7 Å². The largest absolute Gasteiger partial charge is 0.492 e. The number of fused-ring (bicyclic) bond motifs is 2. The average Bonchev–Trinajstić information content (AvgIpc) is 3.93. The second kappa shape index (κ2) is 15.1. The van der Waals surface area contributed by atoms with Crippen LogP contribution in [-0.2, 0) is 11.2 Å². The number of hydrogen-bond donors (Lipinski definition) is 2. The van der Waals surface area contributed by atoms with Crippen LogP contribution < -0.4 is 9.47 Å². The first-order valence-electron chi connectivity index (χ1n) is 16.9. The van der Waals surface area contributed by atoms with Gasteiger partial charge in [0.15, 0.2) is 0 Å². The molecular formula is C38H41BrFN3O7. The van der Waals surface area contributed by atoms with E-state index in [1.165, 1.54) is 21.9 Å². The predicted octanol–water partition coefficient (Wildman–Crippen LogP) is 7.15. The lowest BCUT2D eigenvalue weighted by atomic mass is 9.81. The lowest BCUT2D eigenvalue weighted by Gasteiger charge is -2.49. The molecule has 1 saturated carbocycles. The molecule has 2 atom stereocenters. The van der Waals surface area contributed by atoms with Gasteiger partial charge in [-0.15, -0.1) is 0 Å². The van der Waals surface area contributed by atoms with Crippen LogP contribution in [0.5, 0.6) is 11.5 Å². The fourth-order valence-electron chi connectivity index (χ4n) is 6.87. The summed E-state index contributed by atoms with van der Waals surface area (Å²) >= 11 is 3.38. The van der Waals surface area contributed by atoms with Gasteiger partial charge < -0.3 is 29.5 Å². The standard InChI is InChI=1S/C38H41BrFN3O7/c1-23-5-13-30(18-24(23)2)49-17-15-42(28-11-12-28)36(44)35-31(20-29-21-41(37(45)46)22-33(35)43(29)38(47)48)26-8-6-25(7-9-26)4-3-16-50-34-19-27(40)10-14-32(34)39/h5-10,13-14,18-19,28-29,33H,3-4,11-12,15-17,20-22H2,1-2H3,(H,45,46)(H,47,48)/t29-,33-/m1/s1. The first kappa shape index (κ1) is 35.3. The average molecular weight is 751 g/mol. The summed E-state index contributed by atoms with van der Waals surface area (Å²) in [7, 11) is 0. The Labute approximate surface area is 299 Å². The number of nitrogens with zero attached hydrogens (tertiary/aromatic N) is 3. The Morgan fingerprint density at radius 1 is 0.920 bits per heavy atom. The Balaban J connectivity index is 1.24. The fourth-order valence-corrected chi connectivity index (χ4v) is 7.24. The summed E-state index contributed by atoms with van der Waals surface area (Å²) in [6.07, 6.45) is 0.971. The molecule has 2 N–H and O–H groups in total. The molecule has 0 aromatic heterocycles. The summed E-state index contributed by atoms with van der Waals surface area (Å²) in [6.45, 7) is 4.92. The minimum Gasteiger partial charge on any atom is -0.492 e. The summed E-state index contributed by atoms with van der Waals surface area (Å²) in [4.78, 5) is 43.6. The van der Waals surface area contributed by atoms with Crippen molar-refractivity contribution in [3.8, 4) is 11.5 Å². The maximum absolute atomic E-state index is 14.6. The van der Waals surface area contributed by atoms with Gasteiger partial charge in [0.2, 0.25) is 0 Å². The number of carbonyl (C=O) groups excluding carboxylic acids is 1. The van der Waals surface area contributed by atoms with Crippen LogP contribution in [0.4, 0.5) is 14.0 Å². The molecular weight excluding hydrogens is 709 g/mol. The number of rotatable bonds is 12. The zero-order valence-electron chi connectivity index (χ0n) is 28.1. The van der Waals surface area contributed by atoms with E-state index in [1.807, 2.05) is 56.3 Å². The van der Waals surface area contributed by atoms with E-state index in [0.717, 1.165) is 40.7 Å². The molecule has 0 spiro atoms. The smallest absolute Gasteiger partial charge is 0.408 e. The first-order valence-corrected chi connectivity index (χ1v) is 17.7. The van der Waals surface area contributed by atoms with Crippen molar-refractivity contribution in [3.05, 3.63) is 98.8 Å². The highest BCUT2D eigenvalue weighted by Crippen LogP contribution is 2.41. The number of carbonyl (C=O) groups is 3. The summed E-state index contributed by atoms with van der Waals surface area (Å²) in [6, 6.07) is 16.5. The third-order valence-electron chi connectivity index (χ3n) is 9.76. The van der Waals surface area contributed by atoms with Crippen LogP contribution in [0.3, 0.4) is 0 Å². The Morgan fingerprint density at radius 2 is 1.68 bits per heavy atom. The summed E-state index contributed by atoms with van der Waals surface area (Å²) in [5.41, 5.74) is 5.20. The molecule has 1 aliphatic carbocycles.